The summed E-state index contributed by atoms with van der Waals surface area (Å²) < 4.78 is 35.2. The summed E-state index contributed by atoms with van der Waals surface area (Å²) in [6.45, 7) is 0. The first-order valence-electron chi connectivity index (χ1n) is 2.63. The maximum Gasteiger partial charge on any atom is 0.434 e. The lowest BCUT2D eigenvalue weighted by Crippen LogP contribution is -2.26. The van der Waals surface area contributed by atoms with Crippen LogP contribution >= 0.6 is 0 Å². The second-order valence-corrected chi connectivity index (χ2v) is 1.77. The molecule has 11 heavy (non-hydrogen) atoms. The summed E-state index contributed by atoms with van der Waals surface area (Å²) in [7, 11) is 0. The van der Waals surface area contributed by atoms with E-state index >= 15 is 0 Å². The molecule has 0 spiro atoms. The average molecular weight is 161 g/mol. The Morgan fingerprint density at radius 1 is 1.45 bits per heavy atom. The molecule has 2 radical (unpaired) electrons. The topological polar surface area (TPSA) is 31.2 Å². The predicted octanol–water partition coefficient (Wildman–Crippen LogP) is 0.937. The number of carbonyl (C=O) groups is 1. The van der Waals surface area contributed by atoms with Crippen LogP contribution in [0.2, 0.25) is 0 Å². The molecule has 58 valence electrons. The van der Waals surface area contributed by atoms with Crippen molar-refractivity contribution in [3.05, 3.63) is 23.9 Å². The molecule has 2 nitrogen and oxygen atoms in total. The molecule has 0 aliphatic carbocycles. The summed E-state index contributed by atoms with van der Waals surface area (Å²) in [6, 6.07) is 0. The molecule has 0 aromatic rings. The van der Waals surface area contributed by atoms with Crippen molar-refractivity contribution < 1.29 is 18.0 Å². The largest absolute Gasteiger partial charge is 0.434 e. The number of allylic oxidation sites excluding steroid dienone is 3. The molecule has 0 atom stereocenters. The van der Waals surface area contributed by atoms with Crippen molar-refractivity contribution in [3.63, 3.8) is 0 Å². The zero-order valence-electron chi connectivity index (χ0n) is 5.14. The van der Waals surface area contributed by atoms with Gasteiger partial charge in [-0.15, -0.1) is 0 Å². The highest BCUT2D eigenvalue weighted by Crippen LogP contribution is 2.24. The Bertz CT molecular complexity index is 239. The highest BCUT2D eigenvalue weighted by molar-refractivity contribution is 5.89. The quantitative estimate of drug-likeness (QED) is 0.520. The van der Waals surface area contributed by atoms with Crippen molar-refractivity contribution in [2.24, 2.45) is 0 Å². The number of halogens is 3. The van der Waals surface area contributed by atoms with Crippen LogP contribution in [0, 0.1) is 6.08 Å². The van der Waals surface area contributed by atoms with Gasteiger partial charge in [0.15, 0.2) is 5.70 Å². The lowest BCUT2D eigenvalue weighted by molar-refractivity contribution is -0.123. The smallest absolute Gasteiger partial charge is 0.267 e. The molecule has 0 aromatic heterocycles. The van der Waals surface area contributed by atoms with Crippen molar-refractivity contribution >= 4 is 5.91 Å². The molecule has 1 amide bonds. The van der Waals surface area contributed by atoms with E-state index in [2.05, 4.69) is 5.32 Å². The van der Waals surface area contributed by atoms with Gasteiger partial charge in [0, 0.05) is 12.2 Å². The van der Waals surface area contributed by atoms with E-state index in [0.29, 0.717) is 0 Å². The van der Waals surface area contributed by atoms with Gasteiger partial charge >= 0.3 is 6.18 Å². The summed E-state index contributed by atoms with van der Waals surface area (Å²) in [6.07, 6.45) is -0.957. The minimum Gasteiger partial charge on any atom is -0.267 e. The Labute approximate surface area is 60.4 Å². The second kappa shape index (κ2) is 2.41. The van der Waals surface area contributed by atoms with Crippen LogP contribution in [-0.2, 0) is 4.79 Å². The maximum atomic E-state index is 11.7. The SMILES string of the molecule is O=C1C=C[C]=C(C(F)(F)F)[N]1. The molecule has 0 N–H and O–H groups in total. The molecule has 1 aliphatic heterocycles. The standard InChI is InChI=1S/C6H2F3NO/c7-6(8,9)4-2-1-3-5(11)10-4/h1,3H. The number of rotatable bonds is 0. The average Bonchev–Trinajstić information content (AvgIpc) is 1.86. The minimum atomic E-state index is -4.58. The maximum absolute atomic E-state index is 11.7. The third-order valence-electron chi connectivity index (χ3n) is 0.936. The fourth-order valence-electron chi connectivity index (χ4n) is 0.517. The lowest BCUT2D eigenvalue weighted by Gasteiger charge is -2.09. The molecule has 5 heteroatoms. The van der Waals surface area contributed by atoms with E-state index in [1.807, 2.05) is 6.08 Å². The van der Waals surface area contributed by atoms with E-state index in [0.717, 1.165) is 12.2 Å². The van der Waals surface area contributed by atoms with Gasteiger partial charge in [-0.05, 0) is 6.08 Å². The Hall–Kier alpha value is -1.26. The van der Waals surface area contributed by atoms with Gasteiger partial charge < -0.3 is 0 Å². The monoisotopic (exact) mass is 161 g/mol. The van der Waals surface area contributed by atoms with E-state index < -0.39 is 17.8 Å². The van der Waals surface area contributed by atoms with Crippen molar-refractivity contribution in [2.45, 2.75) is 6.18 Å². The highest BCUT2D eigenvalue weighted by Gasteiger charge is 2.36. The Morgan fingerprint density at radius 3 is 2.45 bits per heavy atom. The number of hydrogen-bond donors (Lipinski definition) is 0. The first-order chi connectivity index (χ1) is 5.00. The predicted molar refractivity (Wildman–Crippen MR) is 29.1 cm³/mol. The summed E-state index contributed by atoms with van der Waals surface area (Å²) in [4.78, 5) is 10.3. The summed E-state index contributed by atoms with van der Waals surface area (Å²) in [5, 5.41) is 2.71. The van der Waals surface area contributed by atoms with Crippen LogP contribution in [0.25, 0.3) is 0 Å². The third-order valence-corrected chi connectivity index (χ3v) is 0.936. The molecule has 0 unspecified atom stereocenters. The van der Waals surface area contributed by atoms with Crippen LogP contribution in [0.4, 0.5) is 13.2 Å². The number of nitrogens with zero attached hydrogens (tertiary/aromatic N) is 1. The number of hydrogen-bond acceptors (Lipinski definition) is 1. The number of amides is 1. The van der Waals surface area contributed by atoms with E-state index in [4.69, 9.17) is 0 Å². The number of alkyl halides is 3. The molecule has 1 aliphatic rings. The molecule has 1 rings (SSSR count). The zero-order chi connectivity index (χ0) is 8.48. The molecular formula is C6H2F3NO. The van der Waals surface area contributed by atoms with E-state index in [-0.39, 0.29) is 0 Å². The third kappa shape index (κ3) is 1.83. The fourth-order valence-corrected chi connectivity index (χ4v) is 0.517. The molecular weight excluding hydrogens is 159 g/mol. The van der Waals surface area contributed by atoms with Crippen molar-refractivity contribution in [1.82, 2.24) is 5.32 Å². The van der Waals surface area contributed by atoms with Gasteiger partial charge in [0.05, 0.1) is 0 Å². The van der Waals surface area contributed by atoms with Gasteiger partial charge in [0.1, 0.15) is 0 Å². The van der Waals surface area contributed by atoms with Gasteiger partial charge in [-0.1, -0.05) is 0 Å². The molecule has 0 saturated heterocycles. The van der Waals surface area contributed by atoms with Gasteiger partial charge in [-0.2, -0.15) is 13.2 Å². The van der Waals surface area contributed by atoms with Gasteiger partial charge in [0.25, 0.3) is 5.91 Å². The Morgan fingerprint density at radius 2 is 2.09 bits per heavy atom. The Kier molecular flexibility index (Phi) is 1.72. The van der Waals surface area contributed by atoms with Gasteiger partial charge in [0.2, 0.25) is 0 Å². The normalized spacial score (nSPS) is 17.7. The van der Waals surface area contributed by atoms with Crippen molar-refractivity contribution in [3.8, 4) is 0 Å². The van der Waals surface area contributed by atoms with Gasteiger partial charge in [-0.3, -0.25) is 4.79 Å². The van der Waals surface area contributed by atoms with Gasteiger partial charge in [-0.25, -0.2) is 5.32 Å². The van der Waals surface area contributed by atoms with Crippen molar-refractivity contribution in [1.29, 1.82) is 0 Å². The van der Waals surface area contributed by atoms with E-state index in [9.17, 15) is 18.0 Å². The van der Waals surface area contributed by atoms with Crippen LogP contribution in [0.5, 0.6) is 0 Å². The first-order valence-corrected chi connectivity index (χ1v) is 2.63. The summed E-state index contributed by atoms with van der Waals surface area (Å²) in [5.41, 5.74) is -1.27. The molecule has 0 fully saturated rings. The fraction of sp³-hybridized carbons (Fsp3) is 0.167. The van der Waals surface area contributed by atoms with Crippen LogP contribution in [-0.4, -0.2) is 12.1 Å². The number of carbonyl (C=O) groups excluding carboxylic acids is 1. The summed E-state index contributed by atoms with van der Waals surface area (Å²) >= 11 is 0. The van der Waals surface area contributed by atoms with E-state index in [1.165, 1.54) is 0 Å². The van der Waals surface area contributed by atoms with Crippen LogP contribution in [0.15, 0.2) is 17.8 Å². The van der Waals surface area contributed by atoms with Crippen molar-refractivity contribution in [2.75, 3.05) is 0 Å². The first kappa shape index (κ1) is 7.84. The van der Waals surface area contributed by atoms with Crippen LogP contribution in [0.3, 0.4) is 0 Å². The molecule has 0 bridgehead atoms. The molecule has 0 saturated carbocycles. The zero-order valence-corrected chi connectivity index (χ0v) is 5.14. The van der Waals surface area contributed by atoms with Crippen LogP contribution < -0.4 is 5.32 Å². The Balaban J connectivity index is 2.83. The van der Waals surface area contributed by atoms with Crippen LogP contribution in [0.1, 0.15) is 0 Å². The summed E-state index contributed by atoms with van der Waals surface area (Å²) in [5.74, 6) is -0.906. The second-order valence-electron chi connectivity index (χ2n) is 1.77. The lowest BCUT2D eigenvalue weighted by atomic mass is 10.3. The molecule has 1 heterocycles. The minimum absolute atomic E-state index is 0.901. The van der Waals surface area contributed by atoms with E-state index in [1.54, 1.807) is 0 Å². The molecule has 0 aromatic carbocycles. The highest BCUT2D eigenvalue weighted by atomic mass is 19.4.